The summed E-state index contributed by atoms with van der Waals surface area (Å²) in [6, 6.07) is 23.4. The highest BCUT2D eigenvalue weighted by molar-refractivity contribution is 6.00. The van der Waals surface area contributed by atoms with Crippen molar-refractivity contribution in [1.29, 1.82) is 0 Å². The molecule has 1 fully saturated rings. The van der Waals surface area contributed by atoms with Crippen LogP contribution in [0.15, 0.2) is 66.7 Å². The number of piperazine rings is 1. The molecule has 0 aliphatic carbocycles. The number of methoxy groups -OCH3 is 2. The van der Waals surface area contributed by atoms with Crippen LogP contribution in [-0.2, 0) is 6.54 Å². The van der Waals surface area contributed by atoms with E-state index < -0.39 is 0 Å². The van der Waals surface area contributed by atoms with Gasteiger partial charge in [-0.25, -0.2) is 0 Å². The van der Waals surface area contributed by atoms with Gasteiger partial charge in [-0.05, 0) is 48.7 Å². The van der Waals surface area contributed by atoms with Crippen molar-refractivity contribution >= 4 is 11.6 Å². The summed E-state index contributed by atoms with van der Waals surface area (Å²) in [5.74, 6) is 1.51. The lowest BCUT2D eigenvalue weighted by Gasteiger charge is -2.40. The van der Waals surface area contributed by atoms with E-state index >= 15 is 0 Å². The molecule has 0 aromatic heterocycles. The van der Waals surface area contributed by atoms with E-state index in [0.717, 1.165) is 55.7 Å². The Balaban J connectivity index is 1.35. The van der Waals surface area contributed by atoms with Crippen LogP contribution in [0.5, 0.6) is 11.5 Å². The number of hydrogen-bond acceptors (Lipinski definition) is 5. The minimum atomic E-state index is -0.0175. The van der Waals surface area contributed by atoms with Gasteiger partial charge in [-0.15, -0.1) is 0 Å². The molecule has 2 heterocycles. The van der Waals surface area contributed by atoms with Crippen LogP contribution in [0.1, 0.15) is 65.8 Å². The van der Waals surface area contributed by atoms with Crippen molar-refractivity contribution in [2.24, 2.45) is 0 Å². The summed E-state index contributed by atoms with van der Waals surface area (Å²) in [6.45, 7) is 9.01. The number of amides is 1. The average molecular weight is 514 g/mol. The molecule has 0 saturated carbocycles. The lowest BCUT2D eigenvalue weighted by molar-refractivity contribution is 0.0690. The molecule has 6 heteroatoms. The fourth-order valence-corrected chi connectivity index (χ4v) is 6.01. The summed E-state index contributed by atoms with van der Waals surface area (Å²) in [5.41, 5.74) is 5.64. The molecule has 1 amide bonds. The van der Waals surface area contributed by atoms with E-state index in [4.69, 9.17) is 9.47 Å². The first-order valence-corrected chi connectivity index (χ1v) is 13.7. The minimum Gasteiger partial charge on any atom is -0.493 e. The van der Waals surface area contributed by atoms with Crippen LogP contribution in [0.3, 0.4) is 0 Å². The molecule has 38 heavy (non-hydrogen) atoms. The Labute approximate surface area is 226 Å². The number of carbonyl (C=O) groups excluding carboxylic acids is 1. The van der Waals surface area contributed by atoms with Gasteiger partial charge in [0, 0.05) is 55.6 Å². The predicted molar refractivity (Wildman–Crippen MR) is 152 cm³/mol. The number of hydrogen-bond donors (Lipinski definition) is 0. The zero-order chi connectivity index (χ0) is 26.6. The summed E-state index contributed by atoms with van der Waals surface area (Å²) in [6.07, 6.45) is 1.87. The molecule has 3 aromatic rings. The number of ether oxygens (including phenoxy) is 2. The number of benzene rings is 3. The highest BCUT2D eigenvalue weighted by Gasteiger charge is 2.36. The van der Waals surface area contributed by atoms with Crippen molar-refractivity contribution in [2.75, 3.05) is 45.3 Å². The molecular formula is C32H39N3O3. The van der Waals surface area contributed by atoms with Crippen molar-refractivity contribution in [1.82, 2.24) is 9.80 Å². The Hall–Kier alpha value is -3.51. The number of carbonyl (C=O) groups is 1. The Morgan fingerprint density at radius 3 is 2.26 bits per heavy atom. The number of rotatable bonds is 9. The molecule has 200 valence electrons. The van der Waals surface area contributed by atoms with E-state index in [0.29, 0.717) is 24.1 Å². The van der Waals surface area contributed by atoms with Gasteiger partial charge >= 0.3 is 0 Å². The van der Waals surface area contributed by atoms with Gasteiger partial charge < -0.3 is 19.3 Å². The van der Waals surface area contributed by atoms with E-state index in [1.807, 2.05) is 29.2 Å². The molecule has 5 rings (SSSR count). The molecule has 0 spiro atoms. The SMILES string of the molecule is CCC[C@H](c1ccc(OC)c(OC)c1)N1Cc2c(cccc2N2CCN(C(C)c3ccccc3)CC2)C1=O. The zero-order valence-corrected chi connectivity index (χ0v) is 23.0. The smallest absolute Gasteiger partial charge is 0.255 e. The van der Waals surface area contributed by atoms with Crippen molar-refractivity contribution < 1.29 is 14.3 Å². The zero-order valence-electron chi connectivity index (χ0n) is 23.0. The molecular weight excluding hydrogens is 474 g/mol. The normalized spacial score (nSPS) is 17.3. The molecule has 6 nitrogen and oxygen atoms in total. The van der Waals surface area contributed by atoms with Crippen molar-refractivity contribution in [3.05, 3.63) is 89.0 Å². The predicted octanol–water partition coefficient (Wildman–Crippen LogP) is 6.08. The van der Waals surface area contributed by atoms with Crippen LogP contribution in [0.2, 0.25) is 0 Å². The molecule has 2 aliphatic heterocycles. The fraction of sp³-hybridized carbons (Fsp3) is 0.406. The molecule has 3 aromatic carbocycles. The summed E-state index contributed by atoms with van der Waals surface area (Å²) < 4.78 is 11.0. The van der Waals surface area contributed by atoms with Crippen LogP contribution in [0.4, 0.5) is 5.69 Å². The third-order valence-electron chi connectivity index (χ3n) is 8.19. The van der Waals surface area contributed by atoms with Crippen LogP contribution in [0, 0.1) is 0 Å². The summed E-state index contributed by atoms with van der Waals surface area (Å²) in [5, 5.41) is 0. The second-order valence-corrected chi connectivity index (χ2v) is 10.3. The van der Waals surface area contributed by atoms with Gasteiger partial charge in [0.2, 0.25) is 0 Å². The average Bonchev–Trinajstić information content (AvgIpc) is 3.31. The summed E-state index contributed by atoms with van der Waals surface area (Å²) in [4.78, 5) is 20.8. The van der Waals surface area contributed by atoms with Gasteiger partial charge in [-0.1, -0.05) is 55.8 Å². The molecule has 2 atom stereocenters. The van der Waals surface area contributed by atoms with Gasteiger partial charge in [0.1, 0.15) is 0 Å². The number of anilines is 1. The largest absolute Gasteiger partial charge is 0.493 e. The first-order valence-electron chi connectivity index (χ1n) is 13.7. The molecule has 1 saturated heterocycles. The van der Waals surface area contributed by atoms with Crippen LogP contribution in [-0.4, -0.2) is 56.1 Å². The maximum atomic E-state index is 13.7. The molecule has 2 aliphatic rings. The van der Waals surface area contributed by atoms with Crippen molar-refractivity contribution in [3.63, 3.8) is 0 Å². The third kappa shape index (κ3) is 4.97. The van der Waals surface area contributed by atoms with Crippen molar-refractivity contribution in [2.45, 2.75) is 45.3 Å². The Kier molecular flexibility index (Phi) is 7.89. The third-order valence-corrected chi connectivity index (χ3v) is 8.19. The topological polar surface area (TPSA) is 45.3 Å². The van der Waals surface area contributed by atoms with E-state index in [-0.39, 0.29) is 11.9 Å². The van der Waals surface area contributed by atoms with Crippen LogP contribution in [0.25, 0.3) is 0 Å². The quantitative estimate of drug-likeness (QED) is 0.347. The molecule has 0 N–H and O–H groups in total. The first kappa shape index (κ1) is 26.1. The van der Waals surface area contributed by atoms with Crippen molar-refractivity contribution in [3.8, 4) is 11.5 Å². The summed E-state index contributed by atoms with van der Waals surface area (Å²) >= 11 is 0. The molecule has 0 radical (unpaired) electrons. The minimum absolute atomic E-state index is 0.0175. The van der Waals surface area contributed by atoms with Crippen LogP contribution >= 0.6 is 0 Å². The van der Waals surface area contributed by atoms with E-state index in [2.05, 4.69) is 66.1 Å². The fourth-order valence-electron chi connectivity index (χ4n) is 6.01. The summed E-state index contributed by atoms with van der Waals surface area (Å²) in [7, 11) is 3.30. The highest BCUT2D eigenvalue weighted by Crippen LogP contribution is 2.40. The van der Waals surface area contributed by atoms with Gasteiger partial charge in [0.25, 0.3) is 5.91 Å². The standard InChI is InChI=1S/C32H39N3O3/c1-5-10-28(25-15-16-30(37-3)31(21-25)38-4)35-22-27-26(32(35)36)13-9-14-29(27)34-19-17-33(18-20-34)23(2)24-11-7-6-8-12-24/h6-9,11-16,21,23,28H,5,10,17-20,22H2,1-4H3/t23?,28-/m1/s1. The second-order valence-electron chi connectivity index (χ2n) is 10.3. The Morgan fingerprint density at radius 2 is 1.58 bits per heavy atom. The maximum absolute atomic E-state index is 13.7. The number of fused-ring (bicyclic) bond motifs is 1. The number of nitrogens with zero attached hydrogens (tertiary/aromatic N) is 3. The Morgan fingerprint density at radius 1 is 0.842 bits per heavy atom. The van der Waals surface area contributed by atoms with Gasteiger partial charge in [-0.2, -0.15) is 0 Å². The maximum Gasteiger partial charge on any atom is 0.255 e. The lowest BCUT2D eigenvalue weighted by Crippen LogP contribution is -2.47. The van der Waals surface area contributed by atoms with E-state index in [1.165, 1.54) is 11.3 Å². The second kappa shape index (κ2) is 11.5. The lowest BCUT2D eigenvalue weighted by atomic mass is 10.00. The van der Waals surface area contributed by atoms with E-state index in [1.54, 1.807) is 14.2 Å². The first-order chi connectivity index (χ1) is 18.5. The molecule has 1 unspecified atom stereocenters. The monoisotopic (exact) mass is 513 g/mol. The highest BCUT2D eigenvalue weighted by atomic mass is 16.5. The Bertz CT molecular complexity index is 1250. The van der Waals surface area contributed by atoms with Gasteiger partial charge in [-0.3, -0.25) is 9.69 Å². The van der Waals surface area contributed by atoms with Crippen LogP contribution < -0.4 is 14.4 Å². The molecule has 0 bridgehead atoms. The van der Waals surface area contributed by atoms with Gasteiger partial charge in [0.05, 0.1) is 20.3 Å². The van der Waals surface area contributed by atoms with E-state index in [9.17, 15) is 4.79 Å². The van der Waals surface area contributed by atoms with Gasteiger partial charge in [0.15, 0.2) is 11.5 Å².